The van der Waals surface area contributed by atoms with Crippen LogP contribution in [0.1, 0.15) is 49.0 Å². The summed E-state index contributed by atoms with van der Waals surface area (Å²) in [6, 6.07) is 18.4. The van der Waals surface area contributed by atoms with Crippen molar-refractivity contribution in [2.75, 3.05) is 45.3 Å². The number of carbonyl (C=O) groups excluding carboxylic acids is 2. The van der Waals surface area contributed by atoms with Gasteiger partial charge in [0.2, 0.25) is 0 Å². The molecule has 1 aliphatic rings. The first-order chi connectivity index (χ1) is 15.5. The Labute approximate surface area is 193 Å². The number of unbranched alkanes of at least 4 members (excludes halogenated alkanes) is 1. The molecule has 1 heterocycles. The molecule has 5 heteroatoms. The van der Waals surface area contributed by atoms with Crippen molar-refractivity contribution in [3.8, 4) is 0 Å². The van der Waals surface area contributed by atoms with E-state index in [2.05, 4.69) is 41.0 Å². The summed E-state index contributed by atoms with van der Waals surface area (Å²) in [5.41, 5.74) is 2.58. The third kappa shape index (κ3) is 6.75. The number of ether oxygens (including phenoxy) is 1. The third-order valence-electron chi connectivity index (χ3n) is 6.12. The van der Waals surface area contributed by atoms with Crippen molar-refractivity contribution in [1.29, 1.82) is 0 Å². The van der Waals surface area contributed by atoms with Crippen LogP contribution in [0, 0.1) is 0 Å². The van der Waals surface area contributed by atoms with Gasteiger partial charge in [-0.2, -0.15) is 0 Å². The van der Waals surface area contributed by atoms with Gasteiger partial charge in [-0.3, -0.25) is 9.69 Å². The van der Waals surface area contributed by atoms with E-state index in [4.69, 9.17) is 4.74 Å². The summed E-state index contributed by atoms with van der Waals surface area (Å²) in [4.78, 5) is 27.3. The van der Waals surface area contributed by atoms with Crippen LogP contribution in [0.4, 0.5) is 5.69 Å². The Balaban J connectivity index is 0.000000654. The Morgan fingerprint density at radius 3 is 2.12 bits per heavy atom. The van der Waals surface area contributed by atoms with Crippen molar-refractivity contribution in [2.45, 2.75) is 45.1 Å². The molecule has 2 aromatic carbocycles. The maximum atomic E-state index is 13.6. The zero-order chi connectivity index (χ0) is 23.4. The molecule has 0 amide bonds. The number of rotatable bonds is 9. The fraction of sp³-hybridized carbons (Fsp3) is 0.481. The second-order valence-corrected chi connectivity index (χ2v) is 8.37. The molecule has 32 heavy (non-hydrogen) atoms. The minimum Gasteiger partial charge on any atom is -0.378 e. The van der Waals surface area contributed by atoms with E-state index in [0.29, 0.717) is 12.8 Å². The van der Waals surface area contributed by atoms with E-state index in [9.17, 15) is 9.59 Å². The van der Waals surface area contributed by atoms with Crippen LogP contribution in [0.2, 0.25) is 0 Å². The Bertz CT molecular complexity index is 815. The SMILES string of the molecule is CCC(Cc1ccccc1)(C(=O)c1ccc(N2CCOCC2)cc1)N(C)C.CCCC=O. The zero-order valence-electron chi connectivity index (χ0n) is 20.0. The maximum Gasteiger partial charge on any atom is 0.183 e. The van der Waals surface area contributed by atoms with E-state index in [1.54, 1.807) is 0 Å². The van der Waals surface area contributed by atoms with E-state index in [1.165, 1.54) is 5.56 Å². The van der Waals surface area contributed by atoms with Gasteiger partial charge in [0.25, 0.3) is 0 Å². The van der Waals surface area contributed by atoms with Crippen LogP contribution >= 0.6 is 0 Å². The standard InChI is InChI=1S/C23H30N2O2.C4H8O/c1-4-23(24(2)3,18-19-8-6-5-7-9-19)22(26)20-10-12-21(13-11-20)25-14-16-27-17-15-25;1-2-3-4-5/h5-13H,4,14-18H2,1-3H3;4H,2-3H2,1H3. The number of ketones is 1. The molecule has 0 saturated carbocycles. The van der Waals surface area contributed by atoms with Gasteiger partial charge in [-0.05, 0) is 63.2 Å². The van der Waals surface area contributed by atoms with Crippen LogP contribution in [0.3, 0.4) is 0 Å². The van der Waals surface area contributed by atoms with Crippen LogP contribution in [0.25, 0.3) is 0 Å². The molecule has 0 bridgehead atoms. The van der Waals surface area contributed by atoms with Gasteiger partial charge < -0.3 is 14.4 Å². The van der Waals surface area contributed by atoms with Crippen LogP contribution < -0.4 is 4.90 Å². The summed E-state index contributed by atoms with van der Waals surface area (Å²) in [6.45, 7) is 7.40. The number of morpholine rings is 1. The maximum absolute atomic E-state index is 13.6. The highest BCUT2D eigenvalue weighted by molar-refractivity contribution is 6.03. The Morgan fingerprint density at radius 2 is 1.66 bits per heavy atom. The van der Waals surface area contributed by atoms with E-state index < -0.39 is 5.54 Å². The molecular weight excluding hydrogens is 400 g/mol. The summed E-state index contributed by atoms with van der Waals surface area (Å²) in [5, 5.41) is 0. The second-order valence-electron chi connectivity index (χ2n) is 8.37. The van der Waals surface area contributed by atoms with Crippen molar-refractivity contribution >= 4 is 17.8 Å². The highest BCUT2D eigenvalue weighted by Crippen LogP contribution is 2.28. The lowest BCUT2D eigenvalue weighted by atomic mass is 9.80. The molecule has 1 saturated heterocycles. The van der Waals surface area contributed by atoms with Crippen LogP contribution in [-0.4, -0.2) is 62.9 Å². The van der Waals surface area contributed by atoms with Crippen LogP contribution in [-0.2, 0) is 16.0 Å². The monoisotopic (exact) mass is 438 g/mol. The summed E-state index contributed by atoms with van der Waals surface area (Å²) in [6.07, 6.45) is 4.09. The molecule has 1 unspecified atom stereocenters. The van der Waals surface area contributed by atoms with Crippen molar-refractivity contribution in [1.82, 2.24) is 4.90 Å². The van der Waals surface area contributed by atoms with E-state index >= 15 is 0 Å². The lowest BCUT2D eigenvalue weighted by Gasteiger charge is -2.38. The first-order valence-electron chi connectivity index (χ1n) is 11.6. The summed E-state index contributed by atoms with van der Waals surface area (Å²) < 4.78 is 5.42. The quantitative estimate of drug-likeness (QED) is 0.422. The molecule has 0 aromatic heterocycles. The summed E-state index contributed by atoms with van der Waals surface area (Å²) in [5.74, 6) is 0.187. The number of Topliss-reactive ketones (excluding diaryl/α,β-unsaturated/α-hetero) is 1. The number of carbonyl (C=O) groups is 2. The highest BCUT2D eigenvalue weighted by Gasteiger charge is 2.39. The molecular formula is C27H38N2O3. The average molecular weight is 439 g/mol. The molecule has 0 N–H and O–H groups in total. The molecule has 0 spiro atoms. The largest absolute Gasteiger partial charge is 0.378 e. The van der Waals surface area contributed by atoms with Crippen LogP contribution in [0.15, 0.2) is 54.6 Å². The molecule has 1 atom stereocenters. The lowest BCUT2D eigenvalue weighted by molar-refractivity contribution is -0.107. The normalized spacial score (nSPS) is 15.5. The van der Waals surface area contributed by atoms with E-state index in [-0.39, 0.29) is 5.78 Å². The predicted molar refractivity (Wildman–Crippen MR) is 132 cm³/mol. The van der Waals surface area contributed by atoms with Crippen molar-refractivity contribution in [3.63, 3.8) is 0 Å². The minimum atomic E-state index is -0.540. The number of anilines is 1. The van der Waals surface area contributed by atoms with Crippen molar-refractivity contribution in [3.05, 3.63) is 65.7 Å². The Kier molecular flexibility index (Phi) is 10.6. The number of benzene rings is 2. The van der Waals surface area contributed by atoms with Gasteiger partial charge in [-0.25, -0.2) is 0 Å². The first-order valence-corrected chi connectivity index (χ1v) is 11.6. The summed E-state index contributed by atoms with van der Waals surface area (Å²) in [7, 11) is 4.01. The van der Waals surface area contributed by atoms with Crippen LogP contribution in [0.5, 0.6) is 0 Å². The van der Waals surface area contributed by atoms with Crippen molar-refractivity contribution in [2.24, 2.45) is 0 Å². The molecule has 0 aliphatic carbocycles. The van der Waals surface area contributed by atoms with Gasteiger partial charge in [0, 0.05) is 30.8 Å². The lowest BCUT2D eigenvalue weighted by Crippen LogP contribution is -2.52. The molecule has 0 radical (unpaired) electrons. The Hall–Kier alpha value is -2.50. The highest BCUT2D eigenvalue weighted by atomic mass is 16.5. The van der Waals surface area contributed by atoms with Gasteiger partial charge in [0.1, 0.15) is 6.29 Å². The third-order valence-corrected chi connectivity index (χ3v) is 6.12. The van der Waals surface area contributed by atoms with E-state index in [0.717, 1.165) is 56.7 Å². The van der Waals surface area contributed by atoms with Gasteiger partial charge in [0.05, 0.1) is 18.8 Å². The minimum absolute atomic E-state index is 0.187. The topological polar surface area (TPSA) is 49.9 Å². The number of nitrogens with zero attached hydrogens (tertiary/aromatic N) is 2. The number of aldehydes is 1. The summed E-state index contributed by atoms with van der Waals surface area (Å²) >= 11 is 0. The van der Waals surface area contributed by atoms with E-state index in [1.807, 2.05) is 51.4 Å². The molecule has 2 aromatic rings. The number of hydrogen-bond donors (Lipinski definition) is 0. The average Bonchev–Trinajstić information content (AvgIpc) is 2.84. The smallest absolute Gasteiger partial charge is 0.183 e. The first kappa shape index (κ1) is 25.8. The fourth-order valence-corrected chi connectivity index (χ4v) is 4.01. The fourth-order valence-electron chi connectivity index (χ4n) is 4.01. The zero-order valence-corrected chi connectivity index (χ0v) is 20.0. The molecule has 174 valence electrons. The van der Waals surface area contributed by atoms with Gasteiger partial charge in [-0.1, -0.05) is 44.2 Å². The second kappa shape index (κ2) is 13.1. The molecule has 1 aliphatic heterocycles. The number of hydrogen-bond acceptors (Lipinski definition) is 5. The molecule has 5 nitrogen and oxygen atoms in total. The van der Waals surface area contributed by atoms with Gasteiger partial charge in [0.15, 0.2) is 5.78 Å². The molecule has 3 rings (SSSR count). The van der Waals surface area contributed by atoms with Gasteiger partial charge >= 0.3 is 0 Å². The Morgan fingerprint density at radius 1 is 1.03 bits per heavy atom. The number of likely N-dealkylation sites (N-methyl/N-ethyl adjacent to an activating group) is 1. The predicted octanol–water partition coefficient (Wildman–Crippen LogP) is 4.64. The molecule has 1 fully saturated rings. The van der Waals surface area contributed by atoms with Crippen molar-refractivity contribution < 1.29 is 14.3 Å². The van der Waals surface area contributed by atoms with Gasteiger partial charge in [-0.15, -0.1) is 0 Å².